The lowest BCUT2D eigenvalue weighted by Gasteiger charge is -2.27. The molecule has 2 nitrogen and oxygen atoms in total. The van der Waals surface area contributed by atoms with Crippen LogP contribution in [0.25, 0.3) is 0 Å². The fraction of sp³-hybridized carbons (Fsp3) is 0.625. The van der Waals surface area contributed by atoms with Crippen LogP contribution in [0.2, 0.25) is 0 Å². The normalized spacial score (nSPS) is 13.5. The van der Waals surface area contributed by atoms with Crippen molar-refractivity contribution in [3.05, 3.63) is 34.3 Å². The first-order valence-electron chi connectivity index (χ1n) is 7.02. The lowest BCUT2D eigenvalue weighted by atomic mass is 9.87. The molecule has 0 amide bonds. The molecule has 0 saturated heterocycles. The van der Waals surface area contributed by atoms with Gasteiger partial charge in [0.25, 0.3) is 0 Å². The molecule has 1 aromatic rings. The smallest absolute Gasteiger partial charge is 0.0431 e. The zero-order chi connectivity index (χ0) is 14.3. The number of aliphatic hydroxyl groups excluding tert-OH is 1. The summed E-state index contributed by atoms with van der Waals surface area (Å²) in [6.45, 7) is 8.01. The lowest BCUT2D eigenvalue weighted by Crippen LogP contribution is -2.36. The van der Waals surface area contributed by atoms with Crippen molar-refractivity contribution in [1.29, 1.82) is 0 Å². The van der Waals surface area contributed by atoms with Crippen LogP contribution in [0.3, 0.4) is 0 Å². The van der Waals surface area contributed by atoms with E-state index in [9.17, 15) is 0 Å². The fourth-order valence-electron chi connectivity index (χ4n) is 2.14. The Hall–Kier alpha value is -0.380. The lowest BCUT2D eigenvalue weighted by molar-refractivity contribution is 0.232. The van der Waals surface area contributed by atoms with E-state index in [2.05, 4.69) is 66.3 Å². The average Bonchev–Trinajstić information content (AvgIpc) is 2.37. The molecule has 1 atom stereocenters. The summed E-state index contributed by atoms with van der Waals surface area (Å²) < 4.78 is 1.13. The van der Waals surface area contributed by atoms with Gasteiger partial charge in [-0.05, 0) is 49.3 Å². The van der Waals surface area contributed by atoms with Crippen molar-refractivity contribution in [1.82, 2.24) is 5.32 Å². The minimum absolute atomic E-state index is 0.247. The highest BCUT2D eigenvalue weighted by molar-refractivity contribution is 9.10. The Morgan fingerprint density at radius 3 is 2.47 bits per heavy atom. The SMILES string of the molecule is CC(Cc1ccc(Br)cc1)NCC(C)(C)CCCO. The Morgan fingerprint density at radius 2 is 1.89 bits per heavy atom. The molecular formula is C16H26BrNO. The highest BCUT2D eigenvalue weighted by Crippen LogP contribution is 2.21. The molecule has 1 rings (SSSR count). The van der Waals surface area contributed by atoms with Crippen LogP contribution in [-0.4, -0.2) is 24.3 Å². The minimum atomic E-state index is 0.247. The van der Waals surface area contributed by atoms with Gasteiger partial charge in [-0.2, -0.15) is 0 Å². The monoisotopic (exact) mass is 327 g/mol. The molecule has 0 saturated carbocycles. The Kier molecular flexibility index (Phi) is 7.05. The first-order chi connectivity index (χ1) is 8.93. The van der Waals surface area contributed by atoms with Crippen LogP contribution in [0, 0.1) is 5.41 Å². The molecule has 0 aliphatic carbocycles. The van der Waals surface area contributed by atoms with Gasteiger partial charge in [-0.1, -0.05) is 41.9 Å². The van der Waals surface area contributed by atoms with Gasteiger partial charge in [0.2, 0.25) is 0 Å². The van der Waals surface area contributed by atoms with Crippen LogP contribution in [0.5, 0.6) is 0 Å². The summed E-state index contributed by atoms with van der Waals surface area (Å²) in [6.07, 6.45) is 2.99. The summed E-state index contributed by atoms with van der Waals surface area (Å²) in [6, 6.07) is 8.98. The van der Waals surface area contributed by atoms with Crippen LogP contribution in [-0.2, 0) is 6.42 Å². The third-order valence-corrected chi connectivity index (χ3v) is 3.92. The predicted octanol–water partition coefficient (Wildman–Crippen LogP) is 3.77. The Bertz CT molecular complexity index is 362. The molecule has 0 fully saturated rings. The number of halogens is 1. The number of nitrogens with one attached hydrogen (secondary N) is 1. The van der Waals surface area contributed by atoms with Crippen LogP contribution >= 0.6 is 15.9 Å². The molecule has 3 heteroatoms. The molecule has 19 heavy (non-hydrogen) atoms. The van der Waals surface area contributed by atoms with E-state index in [1.165, 1.54) is 5.56 Å². The Labute approximate surface area is 125 Å². The van der Waals surface area contributed by atoms with Gasteiger partial charge in [0.1, 0.15) is 0 Å². The molecule has 1 unspecified atom stereocenters. The van der Waals surface area contributed by atoms with E-state index < -0.39 is 0 Å². The van der Waals surface area contributed by atoms with Crippen molar-refractivity contribution in [3.63, 3.8) is 0 Å². The topological polar surface area (TPSA) is 32.3 Å². The Balaban J connectivity index is 2.34. The Morgan fingerprint density at radius 1 is 1.26 bits per heavy atom. The molecular weight excluding hydrogens is 302 g/mol. The van der Waals surface area contributed by atoms with E-state index in [4.69, 9.17) is 5.11 Å². The van der Waals surface area contributed by atoms with Crippen molar-refractivity contribution >= 4 is 15.9 Å². The van der Waals surface area contributed by atoms with E-state index in [1.54, 1.807) is 0 Å². The van der Waals surface area contributed by atoms with E-state index in [1.807, 2.05) is 0 Å². The second-order valence-corrected chi connectivity index (χ2v) is 7.02. The number of hydrogen-bond donors (Lipinski definition) is 2. The van der Waals surface area contributed by atoms with Crippen molar-refractivity contribution in [2.45, 2.75) is 46.1 Å². The molecule has 0 spiro atoms. The molecule has 0 heterocycles. The quantitative estimate of drug-likeness (QED) is 0.761. The van der Waals surface area contributed by atoms with Crippen LogP contribution in [0.15, 0.2) is 28.7 Å². The van der Waals surface area contributed by atoms with Crippen molar-refractivity contribution in [2.24, 2.45) is 5.41 Å². The molecule has 0 aliphatic heterocycles. The van der Waals surface area contributed by atoms with Crippen LogP contribution < -0.4 is 5.32 Å². The fourth-order valence-corrected chi connectivity index (χ4v) is 2.41. The van der Waals surface area contributed by atoms with E-state index in [0.717, 1.165) is 30.3 Å². The third kappa shape index (κ3) is 7.09. The molecule has 108 valence electrons. The summed E-state index contributed by atoms with van der Waals surface area (Å²) in [7, 11) is 0. The van der Waals surface area contributed by atoms with E-state index in [0.29, 0.717) is 6.04 Å². The third-order valence-electron chi connectivity index (χ3n) is 3.40. The summed E-state index contributed by atoms with van der Waals surface area (Å²) in [4.78, 5) is 0. The van der Waals surface area contributed by atoms with Gasteiger partial charge in [-0.3, -0.25) is 0 Å². The van der Waals surface area contributed by atoms with Crippen molar-refractivity contribution in [3.8, 4) is 0 Å². The highest BCUT2D eigenvalue weighted by Gasteiger charge is 2.17. The maximum atomic E-state index is 8.90. The standard InChI is InChI=1S/C16H26BrNO/c1-13(11-14-5-7-15(17)8-6-14)18-12-16(2,3)9-4-10-19/h5-8,13,18-19H,4,9-12H2,1-3H3. The van der Waals surface area contributed by atoms with Crippen LogP contribution in [0.1, 0.15) is 39.2 Å². The summed E-state index contributed by atoms with van der Waals surface area (Å²) in [5.41, 5.74) is 1.60. The number of rotatable bonds is 8. The van der Waals surface area contributed by atoms with Crippen molar-refractivity contribution < 1.29 is 5.11 Å². The second kappa shape index (κ2) is 8.03. The van der Waals surface area contributed by atoms with Gasteiger partial charge in [0, 0.05) is 23.7 Å². The van der Waals surface area contributed by atoms with Crippen molar-refractivity contribution in [2.75, 3.05) is 13.2 Å². The van der Waals surface area contributed by atoms with Gasteiger partial charge < -0.3 is 10.4 Å². The summed E-state index contributed by atoms with van der Waals surface area (Å²) >= 11 is 3.46. The van der Waals surface area contributed by atoms with E-state index in [-0.39, 0.29) is 12.0 Å². The highest BCUT2D eigenvalue weighted by atomic mass is 79.9. The molecule has 0 aliphatic rings. The van der Waals surface area contributed by atoms with Gasteiger partial charge in [-0.15, -0.1) is 0 Å². The zero-order valence-electron chi connectivity index (χ0n) is 12.2. The van der Waals surface area contributed by atoms with Gasteiger partial charge in [-0.25, -0.2) is 0 Å². The molecule has 1 aromatic carbocycles. The number of benzene rings is 1. The molecule has 0 radical (unpaired) electrons. The minimum Gasteiger partial charge on any atom is -0.396 e. The van der Waals surface area contributed by atoms with Gasteiger partial charge in [0.15, 0.2) is 0 Å². The number of aliphatic hydroxyl groups is 1. The summed E-state index contributed by atoms with van der Waals surface area (Å²) in [5.74, 6) is 0. The van der Waals surface area contributed by atoms with Gasteiger partial charge in [0.05, 0.1) is 0 Å². The number of hydrogen-bond acceptors (Lipinski definition) is 2. The largest absolute Gasteiger partial charge is 0.396 e. The first kappa shape index (κ1) is 16.7. The zero-order valence-corrected chi connectivity index (χ0v) is 13.8. The van der Waals surface area contributed by atoms with Crippen LogP contribution in [0.4, 0.5) is 0 Å². The predicted molar refractivity (Wildman–Crippen MR) is 85.4 cm³/mol. The van der Waals surface area contributed by atoms with Gasteiger partial charge >= 0.3 is 0 Å². The average molecular weight is 328 g/mol. The maximum Gasteiger partial charge on any atom is 0.0431 e. The summed E-state index contributed by atoms with van der Waals surface area (Å²) in [5, 5.41) is 12.5. The van der Waals surface area contributed by atoms with E-state index >= 15 is 0 Å². The molecule has 0 bridgehead atoms. The molecule has 2 N–H and O–H groups in total. The first-order valence-corrected chi connectivity index (χ1v) is 7.81. The maximum absolute atomic E-state index is 8.90. The molecule has 0 aromatic heterocycles. The second-order valence-electron chi connectivity index (χ2n) is 6.10.